The minimum Gasteiger partial charge on any atom is -0.468 e. The molecule has 1 aromatic rings. The van der Waals surface area contributed by atoms with Crippen molar-refractivity contribution in [2.75, 3.05) is 7.11 Å². The van der Waals surface area contributed by atoms with Gasteiger partial charge in [-0.05, 0) is 30.0 Å². The molecule has 1 unspecified atom stereocenters. The zero-order valence-corrected chi connectivity index (χ0v) is 14.3. The molecule has 7 heteroatoms. The zero-order valence-electron chi connectivity index (χ0n) is 12.7. The number of methoxy groups -OCH3 is 1. The van der Waals surface area contributed by atoms with Gasteiger partial charge in [-0.25, -0.2) is 8.42 Å². The molecule has 0 heterocycles. The van der Waals surface area contributed by atoms with Crippen molar-refractivity contribution in [3.05, 3.63) is 28.8 Å². The van der Waals surface area contributed by atoms with E-state index in [1.165, 1.54) is 13.2 Å². The van der Waals surface area contributed by atoms with Gasteiger partial charge in [-0.2, -0.15) is 4.72 Å². The number of hydrogen-bond acceptors (Lipinski definition) is 4. The monoisotopic (exact) mass is 333 g/mol. The first-order valence-corrected chi connectivity index (χ1v) is 8.22. The van der Waals surface area contributed by atoms with Crippen molar-refractivity contribution in [1.82, 2.24) is 4.72 Å². The van der Waals surface area contributed by atoms with Crippen LogP contribution >= 0.6 is 11.6 Å². The van der Waals surface area contributed by atoms with E-state index in [9.17, 15) is 13.2 Å². The summed E-state index contributed by atoms with van der Waals surface area (Å²) in [5, 5.41) is 0.350. The quantitative estimate of drug-likeness (QED) is 0.859. The second kappa shape index (κ2) is 6.34. The van der Waals surface area contributed by atoms with Crippen molar-refractivity contribution in [2.24, 2.45) is 5.41 Å². The normalized spacial score (nSPS) is 13.8. The molecular formula is C14H20ClNO4S. The van der Waals surface area contributed by atoms with Crippen molar-refractivity contribution in [2.45, 2.75) is 38.6 Å². The van der Waals surface area contributed by atoms with Crippen LogP contribution in [0.2, 0.25) is 5.02 Å². The lowest BCUT2D eigenvalue weighted by Crippen LogP contribution is -2.49. The van der Waals surface area contributed by atoms with Gasteiger partial charge in [0.1, 0.15) is 6.04 Å². The van der Waals surface area contributed by atoms with E-state index < -0.39 is 27.4 Å². The van der Waals surface area contributed by atoms with E-state index in [2.05, 4.69) is 9.46 Å². The van der Waals surface area contributed by atoms with Crippen molar-refractivity contribution < 1.29 is 17.9 Å². The molecular weight excluding hydrogens is 314 g/mol. The number of nitrogens with one attached hydrogen (secondary N) is 1. The smallest absolute Gasteiger partial charge is 0.324 e. The molecule has 0 radical (unpaired) electrons. The number of rotatable bonds is 4. The Balaban J connectivity index is 3.25. The van der Waals surface area contributed by atoms with E-state index in [1.54, 1.807) is 39.8 Å². The highest BCUT2D eigenvalue weighted by Crippen LogP contribution is 2.26. The van der Waals surface area contributed by atoms with Gasteiger partial charge >= 0.3 is 5.97 Å². The van der Waals surface area contributed by atoms with Crippen molar-refractivity contribution in [3.63, 3.8) is 0 Å². The Morgan fingerprint density at radius 2 is 1.90 bits per heavy atom. The molecule has 1 N–H and O–H groups in total. The Hall–Kier alpha value is -1.11. The Morgan fingerprint density at radius 3 is 2.38 bits per heavy atom. The maximum Gasteiger partial charge on any atom is 0.324 e. The van der Waals surface area contributed by atoms with E-state index in [-0.39, 0.29) is 4.90 Å². The molecule has 0 aliphatic heterocycles. The van der Waals surface area contributed by atoms with Crippen LogP contribution in [0.1, 0.15) is 26.3 Å². The molecule has 0 saturated carbocycles. The molecule has 5 nitrogen and oxygen atoms in total. The Labute approximate surface area is 130 Å². The maximum absolute atomic E-state index is 12.5. The van der Waals surface area contributed by atoms with E-state index >= 15 is 0 Å². The van der Waals surface area contributed by atoms with E-state index in [1.807, 2.05) is 0 Å². The SMILES string of the molecule is COC(=O)C(NS(=O)(=O)c1cccc(Cl)c1C)C(C)(C)C. The summed E-state index contributed by atoms with van der Waals surface area (Å²) in [7, 11) is -2.66. The topological polar surface area (TPSA) is 72.5 Å². The van der Waals surface area contributed by atoms with Crippen LogP contribution in [0.5, 0.6) is 0 Å². The fourth-order valence-electron chi connectivity index (χ4n) is 1.79. The van der Waals surface area contributed by atoms with Crippen LogP contribution in [0.4, 0.5) is 0 Å². The van der Waals surface area contributed by atoms with Gasteiger partial charge in [0.15, 0.2) is 0 Å². The van der Waals surface area contributed by atoms with Gasteiger partial charge in [0.25, 0.3) is 0 Å². The van der Waals surface area contributed by atoms with Crippen LogP contribution in [0.3, 0.4) is 0 Å². The molecule has 0 amide bonds. The maximum atomic E-state index is 12.5. The summed E-state index contributed by atoms with van der Waals surface area (Å²) in [5.74, 6) is -0.634. The first-order valence-electron chi connectivity index (χ1n) is 6.36. The lowest BCUT2D eigenvalue weighted by atomic mass is 9.87. The van der Waals surface area contributed by atoms with Crippen molar-refractivity contribution in [1.29, 1.82) is 0 Å². The molecule has 1 atom stereocenters. The number of benzene rings is 1. The minimum atomic E-state index is -3.89. The Bertz CT molecular complexity index is 635. The lowest BCUT2D eigenvalue weighted by Gasteiger charge is -2.29. The molecule has 21 heavy (non-hydrogen) atoms. The van der Waals surface area contributed by atoms with Crippen LogP contribution in [0, 0.1) is 12.3 Å². The van der Waals surface area contributed by atoms with Crippen LogP contribution in [0.25, 0.3) is 0 Å². The molecule has 0 aliphatic rings. The van der Waals surface area contributed by atoms with Gasteiger partial charge in [0.05, 0.1) is 12.0 Å². The molecule has 0 aromatic heterocycles. The van der Waals surface area contributed by atoms with Gasteiger partial charge in [-0.1, -0.05) is 38.4 Å². The third-order valence-electron chi connectivity index (χ3n) is 3.08. The highest BCUT2D eigenvalue weighted by atomic mass is 35.5. The number of carbonyl (C=O) groups excluding carboxylic acids is 1. The van der Waals surface area contributed by atoms with E-state index in [4.69, 9.17) is 11.6 Å². The number of esters is 1. The summed E-state index contributed by atoms with van der Waals surface area (Å²) < 4.78 is 32.1. The predicted octanol–water partition coefficient (Wildman–Crippen LogP) is 2.51. The third-order valence-corrected chi connectivity index (χ3v) is 5.06. The minimum absolute atomic E-state index is 0.0492. The summed E-state index contributed by atoms with van der Waals surface area (Å²) in [5.41, 5.74) is -0.198. The van der Waals surface area contributed by atoms with Gasteiger partial charge in [-0.3, -0.25) is 4.79 Å². The second-order valence-electron chi connectivity index (χ2n) is 5.81. The standard InChI is InChI=1S/C14H20ClNO4S/c1-9-10(15)7-6-8-11(9)21(18,19)16-12(13(17)20-5)14(2,3)4/h6-8,12,16H,1-5H3. The summed E-state index contributed by atoms with van der Waals surface area (Å²) in [6.45, 7) is 6.87. The summed E-state index contributed by atoms with van der Waals surface area (Å²) >= 11 is 5.95. The molecule has 1 rings (SSSR count). The predicted molar refractivity (Wildman–Crippen MR) is 81.8 cm³/mol. The van der Waals surface area contributed by atoms with E-state index in [0.717, 1.165) is 0 Å². The molecule has 0 saturated heterocycles. The highest BCUT2D eigenvalue weighted by Gasteiger charge is 2.36. The number of sulfonamides is 1. The molecule has 0 aliphatic carbocycles. The van der Waals surface area contributed by atoms with Gasteiger partial charge in [0.2, 0.25) is 10.0 Å². The first-order chi connectivity index (χ1) is 9.50. The molecule has 0 fully saturated rings. The zero-order chi connectivity index (χ0) is 16.4. The van der Waals surface area contributed by atoms with Crippen LogP contribution in [0.15, 0.2) is 23.1 Å². The average Bonchev–Trinajstić information content (AvgIpc) is 2.37. The average molecular weight is 334 g/mol. The highest BCUT2D eigenvalue weighted by molar-refractivity contribution is 7.89. The first kappa shape index (κ1) is 17.9. The lowest BCUT2D eigenvalue weighted by molar-refractivity contribution is -0.145. The third kappa shape index (κ3) is 4.18. The van der Waals surface area contributed by atoms with E-state index in [0.29, 0.717) is 10.6 Å². The van der Waals surface area contributed by atoms with Crippen molar-refractivity contribution in [3.8, 4) is 0 Å². The number of hydrogen-bond donors (Lipinski definition) is 1. The molecule has 0 bridgehead atoms. The Kier molecular flexibility index (Phi) is 5.41. The fraction of sp³-hybridized carbons (Fsp3) is 0.500. The molecule has 118 valence electrons. The number of halogens is 1. The van der Waals surface area contributed by atoms with Gasteiger partial charge < -0.3 is 4.74 Å². The Morgan fingerprint density at radius 1 is 1.33 bits per heavy atom. The van der Waals surface area contributed by atoms with Crippen molar-refractivity contribution >= 4 is 27.6 Å². The molecule has 0 spiro atoms. The number of carbonyl (C=O) groups is 1. The second-order valence-corrected chi connectivity index (χ2v) is 7.90. The summed E-state index contributed by atoms with van der Waals surface area (Å²) in [6, 6.07) is 3.61. The molecule has 1 aromatic carbocycles. The summed E-state index contributed by atoms with van der Waals surface area (Å²) in [6.07, 6.45) is 0. The van der Waals surface area contributed by atoms with Gasteiger partial charge in [0, 0.05) is 5.02 Å². The van der Waals surface area contributed by atoms with Crippen LogP contribution in [-0.2, 0) is 19.6 Å². The van der Waals surface area contributed by atoms with Crippen LogP contribution in [-0.4, -0.2) is 27.5 Å². The summed E-state index contributed by atoms with van der Waals surface area (Å²) in [4.78, 5) is 11.9. The van der Waals surface area contributed by atoms with Crippen LogP contribution < -0.4 is 4.72 Å². The largest absolute Gasteiger partial charge is 0.468 e. The number of ether oxygens (including phenoxy) is 1. The van der Waals surface area contributed by atoms with Gasteiger partial charge in [-0.15, -0.1) is 0 Å². The fourth-order valence-corrected chi connectivity index (χ4v) is 3.68.